The lowest BCUT2D eigenvalue weighted by molar-refractivity contribution is 0.703. The number of nitrogens with one attached hydrogen (secondary N) is 1. The maximum atomic E-state index is 5.04. The van der Waals surface area contributed by atoms with Gasteiger partial charge in [0.25, 0.3) is 0 Å². The molecule has 4 aromatic carbocycles. The molecule has 3 heterocycles. The highest BCUT2D eigenvalue weighted by Gasteiger charge is 2.41. The monoisotopic (exact) mass is 568 g/mol. The van der Waals surface area contributed by atoms with Crippen molar-refractivity contribution < 1.29 is 0 Å². The fourth-order valence-electron chi connectivity index (χ4n) is 6.96. The van der Waals surface area contributed by atoms with Crippen molar-refractivity contribution in [2.75, 3.05) is 0 Å². The summed E-state index contributed by atoms with van der Waals surface area (Å²) in [6.07, 6.45) is 11.0. The highest BCUT2D eigenvalue weighted by atomic mass is 15.1. The van der Waals surface area contributed by atoms with Gasteiger partial charge in [0.2, 0.25) is 0 Å². The fraction of sp³-hybridized carbons (Fsp3) is 0.100. The molecule has 1 N–H and O–H groups in total. The highest BCUT2D eigenvalue weighted by Crippen LogP contribution is 2.47. The first-order chi connectivity index (χ1) is 21.7. The summed E-state index contributed by atoms with van der Waals surface area (Å²) < 4.78 is 2.40. The van der Waals surface area contributed by atoms with E-state index in [9.17, 15) is 0 Å². The molecule has 1 aliphatic rings. The summed E-state index contributed by atoms with van der Waals surface area (Å²) >= 11 is 0. The molecule has 0 spiro atoms. The van der Waals surface area contributed by atoms with Crippen LogP contribution in [0.15, 0.2) is 151 Å². The molecule has 8 rings (SSSR count). The van der Waals surface area contributed by atoms with Crippen molar-refractivity contribution in [3.05, 3.63) is 174 Å². The van der Waals surface area contributed by atoms with Crippen molar-refractivity contribution in [1.82, 2.24) is 19.7 Å². The van der Waals surface area contributed by atoms with Gasteiger partial charge >= 0.3 is 0 Å². The number of aromatic amines is 1. The number of para-hydroxylation sites is 1. The van der Waals surface area contributed by atoms with Crippen LogP contribution in [-0.4, -0.2) is 19.7 Å². The normalized spacial score (nSPS) is 14.5. The lowest BCUT2D eigenvalue weighted by Crippen LogP contribution is -2.33. The van der Waals surface area contributed by atoms with Gasteiger partial charge in [-0.1, -0.05) is 97.1 Å². The maximum Gasteiger partial charge on any atom is 0.0924 e. The van der Waals surface area contributed by atoms with E-state index < -0.39 is 5.41 Å². The maximum absolute atomic E-state index is 5.04. The van der Waals surface area contributed by atoms with E-state index in [1.54, 1.807) is 0 Å². The second kappa shape index (κ2) is 10.7. The second-order valence-corrected chi connectivity index (χ2v) is 11.5. The van der Waals surface area contributed by atoms with Crippen LogP contribution in [-0.2, 0) is 5.41 Å². The SMILES string of the molecule is Cc1cc(-c2cccc(-n3c4ccccc4c4ccc([C@@](C5=CCCC=C5)(c5ccccc5)c5ccccn5)cc43)c2)n[nH]1. The minimum atomic E-state index is -0.580. The van der Waals surface area contributed by atoms with Crippen molar-refractivity contribution in [2.45, 2.75) is 25.2 Å². The van der Waals surface area contributed by atoms with Gasteiger partial charge in [0.15, 0.2) is 0 Å². The third kappa shape index (κ3) is 4.14. The molecule has 0 saturated heterocycles. The van der Waals surface area contributed by atoms with Gasteiger partial charge in [-0.3, -0.25) is 10.1 Å². The Hall–Kier alpha value is -5.48. The predicted octanol–water partition coefficient (Wildman–Crippen LogP) is 9.49. The Morgan fingerprint density at radius 3 is 2.34 bits per heavy atom. The number of fused-ring (bicyclic) bond motifs is 3. The molecule has 4 heteroatoms. The summed E-state index contributed by atoms with van der Waals surface area (Å²) in [5.41, 5.74) is 10.6. The van der Waals surface area contributed by atoms with Gasteiger partial charge in [0.05, 0.1) is 27.8 Å². The quantitative estimate of drug-likeness (QED) is 0.217. The van der Waals surface area contributed by atoms with Crippen LogP contribution in [0.25, 0.3) is 38.8 Å². The molecule has 0 radical (unpaired) electrons. The number of H-pyrrole nitrogens is 1. The van der Waals surface area contributed by atoms with Crippen LogP contribution in [0.3, 0.4) is 0 Å². The zero-order valence-electron chi connectivity index (χ0n) is 24.6. The van der Waals surface area contributed by atoms with Crippen LogP contribution in [0.5, 0.6) is 0 Å². The standard InChI is InChI=1S/C40H32N4/c1-28-25-36(43-42-28)29-13-12-18-33(26-29)44-37-20-9-8-19-34(37)35-23-22-32(27-38(35)44)40(30-14-4-2-5-15-30,31-16-6-3-7-17-31)39-21-10-11-24-41-39/h2,4-6,8-27H,3,7H2,1H3,(H,42,43)/t40-/m0/s1. The van der Waals surface area contributed by atoms with E-state index in [1.165, 1.54) is 33.0 Å². The van der Waals surface area contributed by atoms with Crippen molar-refractivity contribution in [1.29, 1.82) is 0 Å². The number of hydrogen-bond acceptors (Lipinski definition) is 2. The Labute approximate surface area is 257 Å². The van der Waals surface area contributed by atoms with Gasteiger partial charge in [-0.25, -0.2) is 0 Å². The molecule has 44 heavy (non-hydrogen) atoms. The minimum absolute atomic E-state index is 0.580. The van der Waals surface area contributed by atoms with Gasteiger partial charge in [-0.05, 0) is 78.9 Å². The van der Waals surface area contributed by atoms with E-state index in [4.69, 9.17) is 4.98 Å². The zero-order valence-corrected chi connectivity index (χ0v) is 24.6. The number of benzene rings is 4. The van der Waals surface area contributed by atoms with Crippen molar-refractivity contribution in [3.63, 3.8) is 0 Å². The Bertz CT molecular complexity index is 2140. The van der Waals surface area contributed by atoms with Gasteiger partial charge < -0.3 is 4.57 Å². The number of hydrogen-bond donors (Lipinski definition) is 1. The summed E-state index contributed by atoms with van der Waals surface area (Å²) in [5.74, 6) is 0. The summed E-state index contributed by atoms with van der Waals surface area (Å²) in [4.78, 5) is 5.04. The van der Waals surface area contributed by atoms with Crippen LogP contribution in [0.2, 0.25) is 0 Å². The minimum Gasteiger partial charge on any atom is -0.309 e. The van der Waals surface area contributed by atoms with Crippen LogP contribution in [0, 0.1) is 6.92 Å². The lowest BCUT2D eigenvalue weighted by Gasteiger charge is -2.37. The van der Waals surface area contributed by atoms with Gasteiger partial charge in [0.1, 0.15) is 0 Å². The molecule has 0 fully saturated rings. The zero-order chi connectivity index (χ0) is 29.5. The van der Waals surface area contributed by atoms with Crippen molar-refractivity contribution >= 4 is 21.8 Å². The molecule has 7 aromatic rings. The second-order valence-electron chi connectivity index (χ2n) is 11.5. The molecule has 0 bridgehead atoms. The summed E-state index contributed by atoms with van der Waals surface area (Å²) in [6, 6.07) is 43.6. The lowest BCUT2D eigenvalue weighted by atomic mass is 9.65. The molecular weight excluding hydrogens is 536 g/mol. The van der Waals surface area contributed by atoms with Crippen LogP contribution >= 0.6 is 0 Å². The highest BCUT2D eigenvalue weighted by molar-refractivity contribution is 6.09. The van der Waals surface area contributed by atoms with Gasteiger partial charge in [0, 0.05) is 33.9 Å². The molecule has 0 aliphatic heterocycles. The summed E-state index contributed by atoms with van der Waals surface area (Å²) in [7, 11) is 0. The van der Waals surface area contributed by atoms with E-state index >= 15 is 0 Å². The van der Waals surface area contributed by atoms with E-state index in [1.807, 2.05) is 19.2 Å². The first-order valence-electron chi connectivity index (χ1n) is 15.2. The van der Waals surface area contributed by atoms with Crippen LogP contribution in [0.4, 0.5) is 0 Å². The molecule has 4 nitrogen and oxygen atoms in total. The van der Waals surface area contributed by atoms with E-state index in [0.29, 0.717) is 0 Å². The number of nitrogens with zero attached hydrogens (tertiary/aromatic N) is 3. The fourth-order valence-corrected chi connectivity index (χ4v) is 6.96. The molecule has 1 atom stereocenters. The molecular formula is C40H32N4. The average Bonchev–Trinajstić information content (AvgIpc) is 3.68. The third-order valence-corrected chi connectivity index (χ3v) is 8.90. The number of aryl methyl sites for hydroxylation is 1. The van der Waals surface area contributed by atoms with Crippen molar-refractivity contribution in [2.24, 2.45) is 0 Å². The predicted molar refractivity (Wildman–Crippen MR) is 180 cm³/mol. The Morgan fingerprint density at radius 1 is 0.705 bits per heavy atom. The molecule has 0 unspecified atom stereocenters. The van der Waals surface area contributed by atoms with E-state index in [0.717, 1.165) is 46.7 Å². The molecule has 1 aliphatic carbocycles. The number of allylic oxidation sites excluding steroid dienone is 4. The Balaban J connectivity index is 1.45. The largest absolute Gasteiger partial charge is 0.309 e. The molecule has 0 saturated carbocycles. The van der Waals surface area contributed by atoms with E-state index in [2.05, 4.69) is 148 Å². The Kier molecular flexibility index (Phi) is 6.34. The summed E-state index contributed by atoms with van der Waals surface area (Å²) in [5, 5.41) is 10.1. The van der Waals surface area contributed by atoms with Crippen LogP contribution < -0.4 is 0 Å². The van der Waals surface area contributed by atoms with Crippen molar-refractivity contribution in [3.8, 4) is 16.9 Å². The van der Waals surface area contributed by atoms with Crippen LogP contribution in [0.1, 0.15) is 35.4 Å². The summed E-state index contributed by atoms with van der Waals surface area (Å²) in [6.45, 7) is 2.03. The van der Waals surface area contributed by atoms with E-state index in [-0.39, 0.29) is 0 Å². The van der Waals surface area contributed by atoms with Gasteiger partial charge in [-0.2, -0.15) is 5.10 Å². The first kappa shape index (κ1) is 26.2. The molecule has 3 aromatic heterocycles. The smallest absolute Gasteiger partial charge is 0.0924 e. The number of rotatable bonds is 6. The molecule has 212 valence electrons. The first-order valence-corrected chi connectivity index (χ1v) is 15.2. The molecule has 0 amide bonds. The Morgan fingerprint density at radius 2 is 1.55 bits per heavy atom. The number of pyridine rings is 1. The van der Waals surface area contributed by atoms with Gasteiger partial charge in [-0.15, -0.1) is 0 Å². The third-order valence-electron chi connectivity index (χ3n) is 8.90. The number of aromatic nitrogens is 4. The topological polar surface area (TPSA) is 46.5 Å². The average molecular weight is 569 g/mol.